The molecule has 4 amide bonds. The zero-order chi connectivity index (χ0) is 24.2. The first kappa shape index (κ1) is 23.4. The van der Waals surface area contributed by atoms with Crippen molar-refractivity contribution < 1.29 is 19.3 Å². The number of rotatable bonds is 8. The molecule has 178 valence electrons. The van der Waals surface area contributed by atoms with Gasteiger partial charge in [0.25, 0.3) is 17.5 Å². The molecule has 0 radical (unpaired) electrons. The summed E-state index contributed by atoms with van der Waals surface area (Å²) in [6.07, 6.45) is 5.75. The average Bonchev–Trinajstić information content (AvgIpc) is 3.08. The predicted molar refractivity (Wildman–Crippen MR) is 126 cm³/mol. The molecule has 1 unspecified atom stereocenters. The Balaban J connectivity index is 1.27. The van der Waals surface area contributed by atoms with Crippen LogP contribution in [0.5, 0.6) is 0 Å². The molecule has 0 fully saturated rings. The Hall–Kier alpha value is -3.75. The Morgan fingerprint density at radius 2 is 1.79 bits per heavy atom. The lowest BCUT2D eigenvalue weighted by Gasteiger charge is -2.22. The van der Waals surface area contributed by atoms with Crippen LogP contribution in [0, 0.1) is 10.1 Å². The third kappa shape index (κ3) is 4.78. The van der Waals surface area contributed by atoms with Crippen molar-refractivity contribution in [1.29, 1.82) is 0 Å². The van der Waals surface area contributed by atoms with Crippen LogP contribution in [0.3, 0.4) is 0 Å². The van der Waals surface area contributed by atoms with Gasteiger partial charge in [-0.1, -0.05) is 25.1 Å². The summed E-state index contributed by atoms with van der Waals surface area (Å²) in [7, 11) is 0. The molecule has 2 aromatic carbocycles. The van der Waals surface area contributed by atoms with Crippen molar-refractivity contribution in [1.82, 2.24) is 15.5 Å². The quantitative estimate of drug-likeness (QED) is 0.265. The maximum Gasteiger partial charge on any atom is 0.315 e. The fourth-order valence-electron chi connectivity index (χ4n) is 4.63. The summed E-state index contributed by atoms with van der Waals surface area (Å²) < 4.78 is 0. The minimum absolute atomic E-state index is 0.0424. The molecule has 9 nitrogen and oxygen atoms in total. The van der Waals surface area contributed by atoms with Crippen LogP contribution in [0.1, 0.15) is 76.1 Å². The van der Waals surface area contributed by atoms with Crippen LogP contribution >= 0.6 is 0 Å². The number of benzene rings is 2. The van der Waals surface area contributed by atoms with Crippen LogP contribution in [-0.2, 0) is 12.8 Å². The van der Waals surface area contributed by atoms with E-state index in [0.29, 0.717) is 6.42 Å². The number of amides is 4. The van der Waals surface area contributed by atoms with Gasteiger partial charge in [-0.3, -0.25) is 24.6 Å². The summed E-state index contributed by atoms with van der Waals surface area (Å²) in [5.74, 6) is -1.02. The molecule has 0 saturated heterocycles. The minimum Gasteiger partial charge on any atom is -0.338 e. The number of carbonyl (C=O) groups excluding carboxylic acids is 3. The van der Waals surface area contributed by atoms with Gasteiger partial charge < -0.3 is 10.6 Å². The number of aryl methyl sites for hydroxylation is 2. The first-order chi connectivity index (χ1) is 16.4. The van der Waals surface area contributed by atoms with Crippen LogP contribution in [0.2, 0.25) is 0 Å². The largest absolute Gasteiger partial charge is 0.338 e. The first-order valence-electron chi connectivity index (χ1n) is 11.7. The van der Waals surface area contributed by atoms with Gasteiger partial charge in [0.05, 0.1) is 22.1 Å². The van der Waals surface area contributed by atoms with Gasteiger partial charge in [0.1, 0.15) is 0 Å². The van der Waals surface area contributed by atoms with E-state index < -0.39 is 16.7 Å². The number of urea groups is 1. The second kappa shape index (κ2) is 10.0. The molecule has 1 heterocycles. The Morgan fingerprint density at radius 3 is 2.53 bits per heavy atom. The van der Waals surface area contributed by atoms with Gasteiger partial charge in [-0.05, 0) is 61.3 Å². The van der Waals surface area contributed by atoms with Gasteiger partial charge in [-0.15, -0.1) is 0 Å². The van der Waals surface area contributed by atoms with Crippen molar-refractivity contribution in [3.63, 3.8) is 0 Å². The Bertz CT molecular complexity index is 1150. The van der Waals surface area contributed by atoms with E-state index in [-0.39, 0.29) is 42.0 Å². The van der Waals surface area contributed by atoms with Crippen LogP contribution < -0.4 is 10.6 Å². The SMILES string of the molecule is CCC(NC(=O)NCCCN1C(=O)c2ccc([N+](=O)[O-])cc2C1=O)c1ccc2c(c1)CCCC2. The zero-order valence-corrected chi connectivity index (χ0v) is 19.1. The van der Waals surface area contributed by atoms with Crippen molar-refractivity contribution in [2.75, 3.05) is 13.1 Å². The number of nitrogens with one attached hydrogen (secondary N) is 2. The number of fused-ring (bicyclic) bond motifs is 2. The Morgan fingerprint density at radius 1 is 1.06 bits per heavy atom. The number of non-ortho nitro benzene ring substituents is 1. The lowest BCUT2D eigenvalue weighted by atomic mass is 9.89. The standard InChI is InChI=1S/C25H28N4O5/c1-2-22(18-9-8-16-6-3-4-7-17(16)14-18)27-25(32)26-12-5-13-28-23(30)20-11-10-19(29(33)34)15-21(20)24(28)31/h8-11,14-15,22H,2-7,12-13H2,1H3,(H2,26,27,32). The van der Waals surface area contributed by atoms with Crippen LogP contribution in [0.25, 0.3) is 0 Å². The van der Waals surface area contributed by atoms with Crippen molar-refractivity contribution in [3.8, 4) is 0 Å². The molecule has 2 N–H and O–H groups in total. The smallest absolute Gasteiger partial charge is 0.315 e. The maximum absolute atomic E-state index is 12.5. The highest BCUT2D eigenvalue weighted by molar-refractivity contribution is 6.21. The van der Waals surface area contributed by atoms with Crippen molar-refractivity contribution >= 4 is 23.5 Å². The van der Waals surface area contributed by atoms with E-state index in [2.05, 4.69) is 28.8 Å². The number of nitrogens with zero attached hydrogens (tertiary/aromatic N) is 2. The Kier molecular flexibility index (Phi) is 6.90. The molecule has 2 aromatic rings. The number of carbonyl (C=O) groups is 3. The summed E-state index contributed by atoms with van der Waals surface area (Å²) in [6, 6.07) is 9.72. The van der Waals surface area contributed by atoms with E-state index in [0.717, 1.165) is 35.8 Å². The van der Waals surface area contributed by atoms with Gasteiger partial charge in [0.2, 0.25) is 0 Å². The molecule has 1 aliphatic heterocycles. The Labute approximate surface area is 197 Å². The van der Waals surface area contributed by atoms with Gasteiger partial charge in [-0.25, -0.2) is 4.79 Å². The van der Waals surface area contributed by atoms with E-state index in [1.807, 2.05) is 6.92 Å². The van der Waals surface area contributed by atoms with Crippen LogP contribution in [0.15, 0.2) is 36.4 Å². The third-order valence-corrected chi connectivity index (χ3v) is 6.50. The number of nitro groups is 1. The van der Waals surface area contributed by atoms with E-state index in [9.17, 15) is 24.5 Å². The predicted octanol–water partition coefficient (Wildman–Crippen LogP) is 3.91. The number of hydrogen-bond donors (Lipinski definition) is 2. The minimum atomic E-state index is -0.600. The number of imide groups is 1. The number of hydrogen-bond acceptors (Lipinski definition) is 5. The van der Waals surface area contributed by atoms with Gasteiger partial charge in [-0.2, -0.15) is 0 Å². The number of nitro benzene ring substituents is 1. The lowest BCUT2D eigenvalue weighted by Crippen LogP contribution is -2.39. The molecular weight excluding hydrogens is 436 g/mol. The van der Waals surface area contributed by atoms with Gasteiger partial charge >= 0.3 is 6.03 Å². The highest BCUT2D eigenvalue weighted by atomic mass is 16.6. The highest BCUT2D eigenvalue weighted by Crippen LogP contribution is 2.27. The molecule has 9 heteroatoms. The van der Waals surface area contributed by atoms with Crippen molar-refractivity contribution in [2.24, 2.45) is 0 Å². The summed E-state index contributed by atoms with van der Waals surface area (Å²) >= 11 is 0. The lowest BCUT2D eigenvalue weighted by molar-refractivity contribution is -0.384. The molecule has 4 rings (SSSR count). The van der Waals surface area contributed by atoms with E-state index >= 15 is 0 Å². The summed E-state index contributed by atoms with van der Waals surface area (Å²) in [5, 5.41) is 16.7. The maximum atomic E-state index is 12.5. The third-order valence-electron chi connectivity index (χ3n) is 6.50. The second-order valence-electron chi connectivity index (χ2n) is 8.70. The van der Waals surface area contributed by atoms with E-state index in [4.69, 9.17) is 0 Å². The van der Waals surface area contributed by atoms with Crippen molar-refractivity contribution in [3.05, 3.63) is 74.3 Å². The average molecular weight is 465 g/mol. The normalized spacial score (nSPS) is 15.5. The molecule has 1 aliphatic carbocycles. The molecule has 0 saturated carbocycles. The summed E-state index contributed by atoms with van der Waals surface area (Å²) in [6.45, 7) is 2.42. The molecule has 34 heavy (non-hydrogen) atoms. The van der Waals surface area contributed by atoms with E-state index in [1.54, 1.807) is 0 Å². The summed E-state index contributed by atoms with van der Waals surface area (Å²) in [5.41, 5.74) is 3.84. The summed E-state index contributed by atoms with van der Waals surface area (Å²) in [4.78, 5) is 48.9. The van der Waals surface area contributed by atoms with E-state index in [1.165, 1.54) is 36.1 Å². The fraction of sp³-hybridized carbons (Fsp3) is 0.400. The fourth-order valence-corrected chi connectivity index (χ4v) is 4.63. The molecule has 0 spiro atoms. The topological polar surface area (TPSA) is 122 Å². The molecule has 0 bridgehead atoms. The molecule has 2 aliphatic rings. The molecule has 1 atom stereocenters. The molecule has 0 aromatic heterocycles. The van der Waals surface area contributed by atoms with Gasteiger partial charge in [0, 0.05) is 25.2 Å². The molecular formula is C25H28N4O5. The second-order valence-corrected chi connectivity index (χ2v) is 8.70. The van der Waals surface area contributed by atoms with Crippen molar-refractivity contribution in [2.45, 2.75) is 51.5 Å². The van der Waals surface area contributed by atoms with Gasteiger partial charge in [0.15, 0.2) is 0 Å². The highest BCUT2D eigenvalue weighted by Gasteiger charge is 2.36. The first-order valence-corrected chi connectivity index (χ1v) is 11.7. The monoisotopic (exact) mass is 464 g/mol. The zero-order valence-electron chi connectivity index (χ0n) is 19.1. The van der Waals surface area contributed by atoms with Crippen LogP contribution in [-0.4, -0.2) is 40.8 Å². The van der Waals surface area contributed by atoms with Crippen LogP contribution in [0.4, 0.5) is 10.5 Å².